The third kappa shape index (κ3) is 5.57. The van der Waals surface area contributed by atoms with Crippen molar-refractivity contribution in [3.8, 4) is 0 Å². The quantitative estimate of drug-likeness (QED) is 0.671. The molecule has 0 unspecified atom stereocenters. The molecule has 0 amide bonds. The van der Waals surface area contributed by atoms with E-state index in [1.165, 1.54) is 0 Å². The molecule has 2 N–H and O–H groups in total. The number of hydrogen-bond acceptors (Lipinski definition) is 3. The van der Waals surface area contributed by atoms with Gasteiger partial charge < -0.3 is 15.5 Å². The van der Waals surface area contributed by atoms with Crippen molar-refractivity contribution in [2.45, 2.75) is 27.2 Å². The molecule has 5 heteroatoms. The first-order valence-corrected chi connectivity index (χ1v) is 8.80. The number of halogens is 1. The summed E-state index contributed by atoms with van der Waals surface area (Å²) in [6.07, 6.45) is 1.14. The second kappa shape index (κ2) is 9.38. The summed E-state index contributed by atoms with van der Waals surface area (Å²) < 4.78 is 1.01. The number of thiocarbonyl (C=S) groups is 1. The number of benzene rings is 1. The minimum Gasteiger partial charge on any atom is -0.389 e. The standard InChI is InChI=1S/C16H26BrN3S/c1-4-19(5-2)10-7-11-20(6-3)15-9-8-13(17)12-14(15)16(18)21/h8-9,12H,4-7,10-11H2,1-3H3,(H2,18,21). The van der Waals surface area contributed by atoms with Gasteiger partial charge >= 0.3 is 0 Å². The van der Waals surface area contributed by atoms with Crippen LogP contribution in [0.15, 0.2) is 22.7 Å². The van der Waals surface area contributed by atoms with Gasteiger partial charge in [-0.25, -0.2) is 0 Å². The van der Waals surface area contributed by atoms with Gasteiger partial charge in [-0.3, -0.25) is 0 Å². The predicted molar refractivity (Wildman–Crippen MR) is 100 cm³/mol. The summed E-state index contributed by atoms with van der Waals surface area (Å²) in [7, 11) is 0. The second-order valence-electron chi connectivity index (χ2n) is 4.99. The fraction of sp³-hybridized carbons (Fsp3) is 0.562. The van der Waals surface area contributed by atoms with E-state index in [1.54, 1.807) is 0 Å². The van der Waals surface area contributed by atoms with Crippen molar-refractivity contribution in [1.82, 2.24) is 4.90 Å². The molecule has 0 saturated heterocycles. The monoisotopic (exact) mass is 371 g/mol. The zero-order chi connectivity index (χ0) is 15.8. The van der Waals surface area contributed by atoms with E-state index >= 15 is 0 Å². The molecule has 0 fully saturated rings. The SMILES string of the molecule is CCN(CC)CCCN(CC)c1ccc(Br)cc1C(N)=S. The largest absolute Gasteiger partial charge is 0.389 e. The van der Waals surface area contributed by atoms with Crippen LogP contribution >= 0.6 is 28.1 Å². The van der Waals surface area contributed by atoms with Crippen LogP contribution in [-0.2, 0) is 0 Å². The molecule has 3 nitrogen and oxygen atoms in total. The molecule has 1 aromatic carbocycles. The number of hydrogen-bond donors (Lipinski definition) is 1. The van der Waals surface area contributed by atoms with Gasteiger partial charge in [-0.2, -0.15) is 0 Å². The maximum absolute atomic E-state index is 5.87. The van der Waals surface area contributed by atoms with Gasteiger partial charge in [0.2, 0.25) is 0 Å². The van der Waals surface area contributed by atoms with Gasteiger partial charge in [0.1, 0.15) is 4.99 Å². The van der Waals surface area contributed by atoms with Crippen LogP contribution in [0.25, 0.3) is 0 Å². The lowest BCUT2D eigenvalue weighted by atomic mass is 10.1. The zero-order valence-electron chi connectivity index (χ0n) is 13.2. The van der Waals surface area contributed by atoms with Crippen molar-refractivity contribution in [2.24, 2.45) is 5.73 Å². The van der Waals surface area contributed by atoms with E-state index in [-0.39, 0.29) is 0 Å². The summed E-state index contributed by atoms with van der Waals surface area (Å²) in [6, 6.07) is 6.15. The Morgan fingerprint density at radius 2 is 1.81 bits per heavy atom. The molecular weight excluding hydrogens is 346 g/mol. The van der Waals surface area contributed by atoms with Gasteiger partial charge in [0.15, 0.2) is 0 Å². The van der Waals surface area contributed by atoms with Crippen LogP contribution in [0.1, 0.15) is 32.8 Å². The molecule has 118 valence electrons. The summed E-state index contributed by atoms with van der Waals surface area (Å²) in [5, 5.41) is 0. The zero-order valence-corrected chi connectivity index (χ0v) is 15.6. The first-order valence-electron chi connectivity index (χ1n) is 7.60. The smallest absolute Gasteiger partial charge is 0.106 e. The summed E-state index contributed by atoms with van der Waals surface area (Å²) in [5.41, 5.74) is 7.95. The van der Waals surface area contributed by atoms with Gasteiger partial charge in [-0.1, -0.05) is 42.0 Å². The lowest BCUT2D eigenvalue weighted by molar-refractivity contribution is 0.301. The molecule has 1 rings (SSSR count). The van der Waals surface area contributed by atoms with Crippen molar-refractivity contribution >= 4 is 38.8 Å². The van der Waals surface area contributed by atoms with Gasteiger partial charge in [0, 0.05) is 28.8 Å². The molecule has 0 heterocycles. The molecule has 1 aromatic rings. The van der Waals surface area contributed by atoms with Gasteiger partial charge in [0.25, 0.3) is 0 Å². The average Bonchev–Trinajstić information content (AvgIpc) is 2.48. The molecule has 0 atom stereocenters. The highest BCUT2D eigenvalue weighted by Gasteiger charge is 2.12. The van der Waals surface area contributed by atoms with E-state index in [4.69, 9.17) is 18.0 Å². The van der Waals surface area contributed by atoms with E-state index in [2.05, 4.69) is 52.6 Å². The van der Waals surface area contributed by atoms with Gasteiger partial charge in [-0.15, -0.1) is 0 Å². The minimum atomic E-state index is 0.452. The van der Waals surface area contributed by atoms with E-state index in [9.17, 15) is 0 Å². The topological polar surface area (TPSA) is 32.5 Å². The van der Waals surface area contributed by atoms with Crippen LogP contribution in [0, 0.1) is 0 Å². The average molecular weight is 372 g/mol. The molecule has 0 bridgehead atoms. The Labute approximate surface area is 142 Å². The molecular formula is C16H26BrN3S. The van der Waals surface area contributed by atoms with Crippen molar-refractivity contribution in [2.75, 3.05) is 37.6 Å². The van der Waals surface area contributed by atoms with Crippen molar-refractivity contribution in [1.29, 1.82) is 0 Å². The number of anilines is 1. The van der Waals surface area contributed by atoms with Gasteiger partial charge in [0.05, 0.1) is 0 Å². The Morgan fingerprint density at radius 1 is 1.14 bits per heavy atom. The molecule has 0 radical (unpaired) electrons. The highest BCUT2D eigenvalue weighted by molar-refractivity contribution is 9.10. The lowest BCUT2D eigenvalue weighted by Gasteiger charge is -2.27. The Hall–Kier alpha value is -0.650. The third-order valence-corrected chi connectivity index (χ3v) is 4.46. The van der Waals surface area contributed by atoms with E-state index in [0.29, 0.717) is 4.99 Å². The summed E-state index contributed by atoms with van der Waals surface area (Å²) in [4.78, 5) is 5.25. The van der Waals surface area contributed by atoms with Crippen LogP contribution in [0.4, 0.5) is 5.69 Å². The summed E-state index contributed by atoms with van der Waals surface area (Å²) in [6.45, 7) is 11.9. The van der Waals surface area contributed by atoms with Crippen LogP contribution in [0.3, 0.4) is 0 Å². The van der Waals surface area contributed by atoms with Crippen molar-refractivity contribution in [3.63, 3.8) is 0 Å². The second-order valence-corrected chi connectivity index (χ2v) is 6.34. The Morgan fingerprint density at radius 3 is 2.33 bits per heavy atom. The first-order chi connectivity index (χ1) is 10.0. The van der Waals surface area contributed by atoms with Gasteiger partial charge in [-0.05, 0) is 51.2 Å². The third-order valence-electron chi connectivity index (χ3n) is 3.74. The maximum Gasteiger partial charge on any atom is 0.106 e. The van der Waals surface area contributed by atoms with E-state index < -0.39 is 0 Å². The number of rotatable bonds is 9. The molecule has 0 spiro atoms. The fourth-order valence-corrected chi connectivity index (χ4v) is 2.98. The van der Waals surface area contributed by atoms with Crippen LogP contribution < -0.4 is 10.6 Å². The number of nitrogens with two attached hydrogens (primary N) is 1. The Bertz CT molecular complexity index is 461. The lowest BCUT2D eigenvalue weighted by Crippen LogP contribution is -2.31. The summed E-state index contributed by atoms with van der Waals surface area (Å²) in [5.74, 6) is 0. The van der Waals surface area contributed by atoms with Crippen molar-refractivity contribution in [3.05, 3.63) is 28.2 Å². The molecule has 0 aliphatic heterocycles. The highest BCUT2D eigenvalue weighted by atomic mass is 79.9. The fourth-order valence-electron chi connectivity index (χ4n) is 2.46. The van der Waals surface area contributed by atoms with E-state index in [0.717, 1.165) is 54.9 Å². The predicted octanol–water partition coefficient (Wildman–Crippen LogP) is 3.64. The maximum atomic E-state index is 5.87. The van der Waals surface area contributed by atoms with E-state index in [1.807, 2.05) is 12.1 Å². The number of nitrogens with zero attached hydrogens (tertiary/aromatic N) is 2. The van der Waals surface area contributed by atoms with Crippen LogP contribution in [0.5, 0.6) is 0 Å². The molecule has 0 aromatic heterocycles. The van der Waals surface area contributed by atoms with Crippen molar-refractivity contribution < 1.29 is 0 Å². The Balaban J connectivity index is 2.78. The van der Waals surface area contributed by atoms with Crippen LogP contribution in [0.2, 0.25) is 0 Å². The summed E-state index contributed by atoms with van der Waals surface area (Å²) >= 11 is 8.68. The molecule has 21 heavy (non-hydrogen) atoms. The minimum absolute atomic E-state index is 0.452. The normalized spacial score (nSPS) is 10.9. The highest BCUT2D eigenvalue weighted by Crippen LogP contribution is 2.25. The first kappa shape index (κ1) is 18.4. The molecule has 0 aliphatic rings. The molecule has 0 aliphatic carbocycles. The Kier molecular flexibility index (Phi) is 8.22. The van der Waals surface area contributed by atoms with Crippen LogP contribution in [-0.4, -0.2) is 42.6 Å². The molecule has 0 saturated carbocycles.